The average Bonchev–Trinajstić information content (AvgIpc) is 2.93. The zero-order chi connectivity index (χ0) is 29.9. The fourth-order valence-electron chi connectivity index (χ4n) is 5.14. The molecule has 1 aromatic heterocycles. The van der Waals surface area contributed by atoms with E-state index in [1.807, 2.05) is 50.8 Å². The highest BCUT2D eigenvalue weighted by molar-refractivity contribution is 7.91. The summed E-state index contributed by atoms with van der Waals surface area (Å²) in [6.45, 7) is 8.29. The van der Waals surface area contributed by atoms with Crippen molar-refractivity contribution in [3.8, 4) is 16.9 Å². The molecule has 1 heterocycles. The zero-order valence-electron chi connectivity index (χ0n) is 23.7. The highest BCUT2D eigenvalue weighted by atomic mass is 32.2. The SMILES string of the molecule is CCCCc1[nH]c(=O)c(S(=O)(=O)c2ccc(-c3ccccc3C(N)=O)cc2)c(O)c1N(CC)c1cc(C)cc(C)c1. The van der Waals surface area contributed by atoms with Crippen LogP contribution in [0.2, 0.25) is 0 Å². The molecule has 4 N–H and O–H groups in total. The molecule has 0 saturated carbocycles. The second-order valence-corrected chi connectivity index (χ2v) is 12.0. The molecule has 0 unspecified atom stereocenters. The first-order valence-electron chi connectivity index (χ1n) is 13.6. The number of H-pyrrole nitrogens is 1. The zero-order valence-corrected chi connectivity index (χ0v) is 24.5. The second-order valence-electron chi connectivity index (χ2n) is 10.1. The number of nitrogens with zero attached hydrogens (tertiary/aromatic N) is 1. The Kier molecular flexibility index (Phi) is 8.68. The maximum Gasteiger partial charge on any atom is 0.271 e. The third-order valence-electron chi connectivity index (χ3n) is 7.02. The number of benzene rings is 3. The van der Waals surface area contributed by atoms with Gasteiger partial charge in [0.25, 0.3) is 5.56 Å². The molecule has 0 fully saturated rings. The van der Waals surface area contributed by atoms with Gasteiger partial charge in [-0.15, -0.1) is 0 Å². The Bertz CT molecular complexity index is 1740. The van der Waals surface area contributed by atoms with Gasteiger partial charge in [-0.3, -0.25) is 9.59 Å². The molecule has 4 aromatic rings. The summed E-state index contributed by atoms with van der Waals surface area (Å²) >= 11 is 0. The van der Waals surface area contributed by atoms with Crippen LogP contribution >= 0.6 is 0 Å². The quantitative estimate of drug-likeness (QED) is 0.220. The van der Waals surface area contributed by atoms with Gasteiger partial charge in [0, 0.05) is 23.5 Å². The number of hydrogen-bond acceptors (Lipinski definition) is 6. The van der Waals surface area contributed by atoms with Crippen LogP contribution in [-0.4, -0.2) is 31.0 Å². The topological polar surface area (TPSA) is 134 Å². The number of rotatable bonds is 10. The van der Waals surface area contributed by atoms with Crippen LogP contribution in [0.4, 0.5) is 11.4 Å². The number of nitrogens with two attached hydrogens (primary N) is 1. The number of hydrogen-bond donors (Lipinski definition) is 3. The van der Waals surface area contributed by atoms with Crippen molar-refractivity contribution in [1.29, 1.82) is 0 Å². The van der Waals surface area contributed by atoms with E-state index in [0.29, 0.717) is 35.3 Å². The summed E-state index contributed by atoms with van der Waals surface area (Å²) in [6.07, 6.45) is 2.06. The van der Waals surface area contributed by atoms with Crippen molar-refractivity contribution >= 4 is 27.1 Å². The van der Waals surface area contributed by atoms with Gasteiger partial charge in [-0.25, -0.2) is 8.42 Å². The van der Waals surface area contributed by atoms with Gasteiger partial charge < -0.3 is 20.7 Å². The molecule has 41 heavy (non-hydrogen) atoms. The van der Waals surface area contributed by atoms with Gasteiger partial charge in [0.15, 0.2) is 10.6 Å². The Morgan fingerprint density at radius 2 is 1.61 bits per heavy atom. The van der Waals surface area contributed by atoms with Gasteiger partial charge in [0.05, 0.1) is 4.90 Å². The highest BCUT2D eigenvalue weighted by Gasteiger charge is 2.31. The monoisotopic (exact) mass is 573 g/mol. The van der Waals surface area contributed by atoms with Crippen molar-refractivity contribution in [2.75, 3.05) is 11.4 Å². The van der Waals surface area contributed by atoms with E-state index < -0.39 is 31.9 Å². The lowest BCUT2D eigenvalue weighted by Gasteiger charge is -2.28. The molecule has 0 radical (unpaired) electrons. The van der Waals surface area contributed by atoms with Gasteiger partial charge in [0.2, 0.25) is 15.7 Å². The van der Waals surface area contributed by atoms with Gasteiger partial charge in [-0.2, -0.15) is 0 Å². The van der Waals surface area contributed by atoms with E-state index in [0.717, 1.165) is 29.7 Å². The van der Waals surface area contributed by atoms with Crippen molar-refractivity contribution in [2.24, 2.45) is 5.73 Å². The maximum atomic E-state index is 13.9. The molecule has 3 aromatic carbocycles. The normalized spacial score (nSPS) is 11.4. The summed E-state index contributed by atoms with van der Waals surface area (Å²) in [5, 5.41) is 11.6. The molecule has 0 atom stereocenters. The molecule has 214 valence electrons. The molecule has 9 heteroatoms. The van der Waals surface area contributed by atoms with Crippen molar-refractivity contribution < 1.29 is 18.3 Å². The predicted molar refractivity (Wildman–Crippen MR) is 162 cm³/mol. The van der Waals surface area contributed by atoms with Gasteiger partial charge in [-0.1, -0.05) is 49.7 Å². The summed E-state index contributed by atoms with van der Waals surface area (Å²) in [5.41, 5.74) is 9.64. The fraction of sp³-hybridized carbons (Fsp3) is 0.250. The number of primary amides is 1. The first-order chi connectivity index (χ1) is 19.5. The Balaban J connectivity index is 1.88. The second kappa shape index (κ2) is 12.0. The smallest absolute Gasteiger partial charge is 0.271 e. The number of nitrogens with one attached hydrogen (secondary N) is 1. The molecular formula is C32H35N3O5S. The van der Waals surface area contributed by atoms with Crippen LogP contribution in [0.5, 0.6) is 5.75 Å². The highest BCUT2D eigenvalue weighted by Crippen LogP contribution is 2.41. The number of aryl methyl sites for hydroxylation is 3. The number of aromatic nitrogens is 1. The molecule has 0 spiro atoms. The molecule has 0 saturated heterocycles. The number of amides is 1. The lowest BCUT2D eigenvalue weighted by atomic mass is 9.99. The van der Waals surface area contributed by atoms with Crippen LogP contribution in [0.3, 0.4) is 0 Å². The Morgan fingerprint density at radius 1 is 0.976 bits per heavy atom. The molecule has 0 aliphatic heterocycles. The van der Waals surface area contributed by atoms with E-state index in [-0.39, 0.29) is 10.6 Å². The van der Waals surface area contributed by atoms with Crippen molar-refractivity contribution in [3.05, 3.63) is 99.5 Å². The van der Waals surface area contributed by atoms with E-state index >= 15 is 0 Å². The van der Waals surface area contributed by atoms with Crippen LogP contribution in [0.25, 0.3) is 11.1 Å². The first-order valence-corrected chi connectivity index (χ1v) is 15.1. The molecule has 1 amide bonds. The van der Waals surface area contributed by atoms with Crippen LogP contribution in [0.15, 0.2) is 81.3 Å². The third kappa shape index (κ3) is 5.90. The van der Waals surface area contributed by atoms with Crippen LogP contribution < -0.4 is 16.2 Å². The minimum Gasteiger partial charge on any atom is -0.504 e. The van der Waals surface area contributed by atoms with E-state index in [4.69, 9.17) is 5.73 Å². The summed E-state index contributed by atoms with van der Waals surface area (Å²) in [6, 6.07) is 18.5. The maximum absolute atomic E-state index is 13.9. The van der Waals surface area contributed by atoms with Crippen molar-refractivity contribution in [2.45, 2.75) is 56.7 Å². The fourth-order valence-corrected chi connectivity index (χ4v) is 6.52. The number of anilines is 2. The van der Waals surface area contributed by atoms with Crippen molar-refractivity contribution in [3.63, 3.8) is 0 Å². The van der Waals surface area contributed by atoms with E-state index in [1.54, 1.807) is 36.4 Å². The standard InChI is InChI=1S/C32H35N3O5S/c1-5-7-12-27-28(35(6-2)23-18-20(3)17-21(4)19-23)29(36)30(32(38)34-27)41(39,40)24-15-13-22(14-16-24)25-10-8-9-11-26(25)31(33)37/h8-11,13-19H,5-7,12H2,1-4H3,(H2,33,37)(H2,34,36,38). The van der Waals surface area contributed by atoms with Gasteiger partial charge >= 0.3 is 0 Å². The molecule has 0 bridgehead atoms. The summed E-state index contributed by atoms with van der Waals surface area (Å²) < 4.78 is 27.7. The largest absolute Gasteiger partial charge is 0.504 e. The Hall–Kier alpha value is -4.37. The lowest BCUT2D eigenvalue weighted by molar-refractivity contribution is 0.100. The summed E-state index contributed by atoms with van der Waals surface area (Å²) in [7, 11) is -4.44. The molecule has 0 aliphatic rings. The first kappa shape index (κ1) is 29.6. The van der Waals surface area contributed by atoms with E-state index in [9.17, 15) is 23.1 Å². The molecule has 0 aliphatic carbocycles. The number of sulfone groups is 1. The average molecular weight is 574 g/mol. The minimum atomic E-state index is -4.44. The van der Waals surface area contributed by atoms with Crippen LogP contribution in [0, 0.1) is 13.8 Å². The van der Waals surface area contributed by atoms with Crippen LogP contribution in [-0.2, 0) is 16.3 Å². The number of carbonyl (C=O) groups is 1. The Labute approximate surface area is 240 Å². The Morgan fingerprint density at radius 3 is 2.20 bits per heavy atom. The molecule has 8 nitrogen and oxygen atoms in total. The molecular weight excluding hydrogens is 538 g/mol. The minimum absolute atomic E-state index is 0.166. The van der Waals surface area contributed by atoms with E-state index in [2.05, 4.69) is 4.98 Å². The van der Waals surface area contributed by atoms with Gasteiger partial charge in [-0.05, 0) is 86.2 Å². The van der Waals surface area contributed by atoms with E-state index in [1.165, 1.54) is 12.1 Å². The molecule has 4 rings (SSSR count). The number of aromatic amines is 1. The number of unbranched alkanes of at least 4 members (excludes halogenated alkanes) is 1. The number of aromatic hydroxyl groups is 1. The summed E-state index contributed by atoms with van der Waals surface area (Å²) in [4.78, 5) is 28.9. The summed E-state index contributed by atoms with van der Waals surface area (Å²) in [5.74, 6) is -1.18. The number of pyridine rings is 1. The van der Waals surface area contributed by atoms with Crippen molar-refractivity contribution in [1.82, 2.24) is 4.98 Å². The van der Waals surface area contributed by atoms with Gasteiger partial charge in [0.1, 0.15) is 5.69 Å². The van der Waals surface area contributed by atoms with Crippen LogP contribution in [0.1, 0.15) is 53.9 Å². The lowest BCUT2D eigenvalue weighted by Crippen LogP contribution is -2.25. The number of carbonyl (C=O) groups excluding carboxylic acids is 1. The third-order valence-corrected chi connectivity index (χ3v) is 8.83. The predicted octanol–water partition coefficient (Wildman–Crippen LogP) is 5.80.